The Hall–Kier alpha value is -10.5. The molecule has 2 aliphatic carbocycles. The Morgan fingerprint density at radius 2 is 0.796 bits per heavy atom. The summed E-state index contributed by atoms with van der Waals surface area (Å²) in [5.74, 6) is -0.345. The average Bonchev–Trinajstić information content (AvgIpc) is 1.25. The molecule has 0 saturated carbocycles. The van der Waals surface area contributed by atoms with Gasteiger partial charge in [0.15, 0.2) is 0 Å². The second-order valence-electron chi connectivity index (χ2n) is 30.8. The van der Waals surface area contributed by atoms with Crippen LogP contribution in [0.1, 0.15) is 143 Å². The monoisotopic (exact) mass is 1470 g/mol. The molecule has 108 heavy (non-hydrogen) atoms. The molecule has 3 aliphatic rings. The van der Waals surface area contributed by atoms with Crippen LogP contribution in [0, 0.1) is 47.5 Å². The summed E-state index contributed by atoms with van der Waals surface area (Å²) in [5, 5.41) is 4.13. The number of aromatic nitrogens is 3. The highest BCUT2D eigenvalue weighted by atomic mass is 19.4. The van der Waals surface area contributed by atoms with Crippen molar-refractivity contribution in [3.8, 4) is 17.1 Å². The van der Waals surface area contributed by atoms with Crippen LogP contribution in [0.2, 0.25) is 0 Å². The summed E-state index contributed by atoms with van der Waals surface area (Å²) in [5.41, 5.74) is 4.08. The SMILES string of the molecule is CCCC1=CC2(C)C(C(C)=C1)c1ccc(C)cc1N2c1ccc(C(c2ccc(-n3c4c(c5c(Cc6cc(C)cc7c6c6ccc(C)cc6n7-c6ccc(C(c7ccc(-n8c9cc(C)ccc9c9ccc(C)cc98)cc7)(C(F)(F)F)C(F)(F)F)cc6)cc(C)cc53)C=CC(C)C4C)cc2)(C(F)(F)F)C(F)(F)F)cc1. The fourth-order valence-corrected chi connectivity index (χ4v) is 18.7. The van der Waals surface area contributed by atoms with Gasteiger partial charge in [0, 0.05) is 78.5 Å². The van der Waals surface area contributed by atoms with Crippen LogP contribution in [0.25, 0.3) is 77.7 Å². The molecule has 550 valence electrons. The lowest BCUT2D eigenvalue weighted by molar-refractivity contribution is -0.290. The van der Waals surface area contributed by atoms with Gasteiger partial charge >= 0.3 is 24.7 Å². The second kappa shape index (κ2) is 25.0. The van der Waals surface area contributed by atoms with Gasteiger partial charge in [-0.05, 0) is 237 Å². The molecule has 3 aromatic heterocycles. The molecule has 16 rings (SSSR count). The number of fused-ring (bicyclic) bond motifs is 12. The van der Waals surface area contributed by atoms with E-state index < -0.39 is 63.3 Å². The van der Waals surface area contributed by atoms with E-state index >= 15 is 52.7 Å². The van der Waals surface area contributed by atoms with Crippen molar-refractivity contribution in [2.75, 3.05) is 4.90 Å². The molecule has 4 heterocycles. The number of anilines is 2. The molecule has 4 atom stereocenters. The van der Waals surface area contributed by atoms with E-state index in [0.717, 1.165) is 177 Å². The summed E-state index contributed by atoms with van der Waals surface area (Å²) < 4.78 is 200. The molecule has 0 saturated heterocycles. The van der Waals surface area contributed by atoms with E-state index in [2.05, 4.69) is 69.0 Å². The Morgan fingerprint density at radius 1 is 0.407 bits per heavy atom. The summed E-state index contributed by atoms with van der Waals surface area (Å²) in [6.45, 7) is 21.8. The van der Waals surface area contributed by atoms with Gasteiger partial charge in [0.2, 0.25) is 10.8 Å². The molecule has 0 spiro atoms. The van der Waals surface area contributed by atoms with Crippen molar-refractivity contribution in [3.63, 3.8) is 0 Å². The lowest BCUT2D eigenvalue weighted by atomic mass is 9.72. The van der Waals surface area contributed by atoms with Crippen molar-refractivity contribution < 1.29 is 52.7 Å². The number of nitrogens with zero attached hydrogens (tertiary/aromatic N) is 4. The van der Waals surface area contributed by atoms with E-state index in [1.165, 1.54) is 48.5 Å². The molecule has 0 radical (unpaired) electrons. The van der Waals surface area contributed by atoms with E-state index in [-0.39, 0.29) is 17.8 Å². The van der Waals surface area contributed by atoms with Crippen molar-refractivity contribution in [2.45, 2.75) is 148 Å². The Morgan fingerprint density at radius 3 is 1.26 bits per heavy atom. The fourth-order valence-electron chi connectivity index (χ4n) is 18.7. The minimum atomic E-state index is -5.87. The van der Waals surface area contributed by atoms with Crippen LogP contribution >= 0.6 is 0 Å². The summed E-state index contributed by atoms with van der Waals surface area (Å²) in [4.78, 5) is 2.06. The van der Waals surface area contributed by atoms with E-state index in [0.29, 0.717) is 45.7 Å². The van der Waals surface area contributed by atoms with E-state index in [4.69, 9.17) is 0 Å². The zero-order valence-corrected chi connectivity index (χ0v) is 61.5. The van der Waals surface area contributed by atoms with Gasteiger partial charge in [-0.3, -0.25) is 0 Å². The van der Waals surface area contributed by atoms with Crippen molar-refractivity contribution in [1.29, 1.82) is 0 Å². The number of allylic oxidation sites excluding steroid dienone is 3. The topological polar surface area (TPSA) is 18.0 Å². The second-order valence-corrected chi connectivity index (χ2v) is 30.8. The Bertz CT molecular complexity index is 5840. The van der Waals surface area contributed by atoms with Crippen LogP contribution in [0.4, 0.5) is 64.1 Å². The van der Waals surface area contributed by atoms with Gasteiger partial charge in [0.05, 0.1) is 33.1 Å². The lowest BCUT2D eigenvalue weighted by Crippen LogP contribution is -2.54. The molecule has 13 aromatic rings. The standard InChI is InChI=1S/C92H78F12N4/c1-12-13-60-48-58(9)84-74-38-17-54(5)45-79(74)108(86(84,11)50-60)70-33-25-66(26-34-70)88(91(99,100)101,92(102,103)104)65-23-31-69(32-24-65)107-81-47-56(7)41-62(83(81)75-39-18-57(8)59(10)85(75)107)49-61-40-55(6)46-80-82(61)73-37-16-53(4)44-78(73)106(80)68-29-21-64(22-30-68)87(89(93,94)95,90(96,97)98)63-19-27-67(28-20-63)105-76-42-51(2)14-35-71(76)72-36-15-52(3)43-77(72)105/h14-48,50,57,59,84H,12-13,49H2,1-11H3. The highest BCUT2D eigenvalue weighted by molar-refractivity contribution is 6.12. The van der Waals surface area contributed by atoms with Crippen LogP contribution in [0.15, 0.2) is 223 Å². The first-order chi connectivity index (χ1) is 51.1. The zero-order chi connectivity index (χ0) is 76.6. The summed E-state index contributed by atoms with van der Waals surface area (Å²) in [6, 6.07) is 50.0. The number of aryl methyl sites for hydroxylation is 6. The van der Waals surface area contributed by atoms with E-state index in [1.807, 2.05) is 147 Å². The first kappa shape index (κ1) is 71.8. The van der Waals surface area contributed by atoms with Gasteiger partial charge in [-0.2, -0.15) is 52.7 Å². The summed E-state index contributed by atoms with van der Waals surface area (Å²) in [7, 11) is 0. The van der Waals surface area contributed by atoms with Crippen molar-refractivity contribution in [1.82, 2.24) is 13.7 Å². The fraction of sp³-hybridized carbons (Fsp3) is 0.261. The number of halogens is 12. The van der Waals surface area contributed by atoms with Gasteiger partial charge < -0.3 is 18.6 Å². The third kappa shape index (κ3) is 10.7. The summed E-state index contributed by atoms with van der Waals surface area (Å²) >= 11 is 0. The third-order valence-corrected chi connectivity index (χ3v) is 23.5. The maximum absolute atomic E-state index is 16.3. The van der Waals surface area contributed by atoms with Crippen molar-refractivity contribution >= 4 is 72.0 Å². The smallest absolute Gasteiger partial charge is 0.331 e. The van der Waals surface area contributed by atoms with Crippen molar-refractivity contribution in [3.05, 3.63) is 307 Å². The minimum absolute atomic E-state index is 0.0351. The largest absolute Gasteiger partial charge is 0.411 e. The van der Waals surface area contributed by atoms with E-state index in [9.17, 15) is 0 Å². The number of hydrogen-bond donors (Lipinski definition) is 0. The highest BCUT2D eigenvalue weighted by Crippen LogP contribution is 2.61. The zero-order valence-electron chi connectivity index (χ0n) is 61.5. The molecular weight excluding hydrogens is 1390 g/mol. The molecular formula is C92H78F12N4. The maximum atomic E-state index is 16.3. The third-order valence-electron chi connectivity index (χ3n) is 23.5. The highest BCUT2D eigenvalue weighted by Gasteiger charge is 2.74. The Balaban J connectivity index is 0.784. The average molecular weight is 1470 g/mol. The maximum Gasteiger partial charge on any atom is 0.411 e. The van der Waals surface area contributed by atoms with Crippen LogP contribution in [0.3, 0.4) is 0 Å². The van der Waals surface area contributed by atoms with Gasteiger partial charge in [0.25, 0.3) is 0 Å². The van der Waals surface area contributed by atoms with Crippen molar-refractivity contribution in [2.24, 2.45) is 5.92 Å². The molecule has 0 amide bonds. The number of benzene rings is 10. The molecule has 16 heteroatoms. The molecule has 0 fully saturated rings. The van der Waals surface area contributed by atoms with E-state index in [1.54, 1.807) is 0 Å². The Labute approximate surface area is 618 Å². The quantitative estimate of drug-likeness (QED) is 0.112. The minimum Gasteiger partial charge on any atom is -0.331 e. The predicted octanol–water partition coefficient (Wildman–Crippen LogP) is 26.5. The molecule has 4 nitrogen and oxygen atoms in total. The lowest BCUT2D eigenvalue weighted by Gasteiger charge is -2.42. The molecule has 0 N–H and O–H groups in total. The molecule has 0 bridgehead atoms. The Kier molecular flexibility index (Phi) is 16.6. The van der Waals surface area contributed by atoms with Gasteiger partial charge in [-0.15, -0.1) is 0 Å². The first-order valence-electron chi connectivity index (χ1n) is 36.5. The number of rotatable bonds is 12. The van der Waals surface area contributed by atoms with Crippen LogP contribution in [-0.4, -0.2) is 43.9 Å². The molecule has 1 aliphatic heterocycles. The first-order valence-corrected chi connectivity index (χ1v) is 36.5. The van der Waals surface area contributed by atoms with Gasteiger partial charge in [-0.25, -0.2) is 0 Å². The van der Waals surface area contributed by atoms with Gasteiger partial charge in [0.1, 0.15) is 0 Å². The molecule has 10 aromatic carbocycles. The number of hydrogen-bond acceptors (Lipinski definition) is 1. The normalized spacial score (nSPS) is 17.9. The van der Waals surface area contributed by atoms with Crippen LogP contribution in [-0.2, 0) is 17.3 Å². The summed E-state index contributed by atoms with van der Waals surface area (Å²) in [6.07, 6.45) is -13.0. The van der Waals surface area contributed by atoms with Crippen LogP contribution in [0.5, 0.6) is 0 Å². The number of alkyl halides is 12. The van der Waals surface area contributed by atoms with Gasteiger partial charge in [-0.1, -0.05) is 166 Å². The predicted molar refractivity (Wildman–Crippen MR) is 411 cm³/mol. The molecule has 4 unspecified atom stereocenters. The van der Waals surface area contributed by atoms with Crippen LogP contribution < -0.4 is 4.90 Å².